The van der Waals surface area contributed by atoms with Gasteiger partial charge < -0.3 is 9.32 Å². The normalized spacial score (nSPS) is 16.8. The third kappa shape index (κ3) is 4.13. The van der Waals surface area contributed by atoms with E-state index >= 15 is 4.39 Å². The number of nitrogens with zero attached hydrogens (tertiary/aromatic N) is 5. The van der Waals surface area contributed by atoms with Gasteiger partial charge in [-0.3, -0.25) is 14.7 Å². The van der Waals surface area contributed by atoms with Crippen LogP contribution in [0.5, 0.6) is 0 Å². The summed E-state index contributed by atoms with van der Waals surface area (Å²) in [5, 5.41) is 8.93. The molecule has 0 unspecified atom stereocenters. The van der Waals surface area contributed by atoms with Crippen LogP contribution in [-0.4, -0.2) is 26.5 Å². The minimum atomic E-state index is -5.13. The van der Waals surface area contributed by atoms with Crippen LogP contribution < -0.4 is 9.80 Å². The Hall–Kier alpha value is -3.85. The van der Waals surface area contributed by atoms with Crippen LogP contribution in [-0.2, 0) is 23.8 Å². The van der Waals surface area contributed by atoms with Gasteiger partial charge in [-0.05, 0) is 68.6 Å². The first-order valence-corrected chi connectivity index (χ1v) is 11.9. The highest BCUT2D eigenvalue weighted by Crippen LogP contribution is 2.49. The molecule has 0 bridgehead atoms. The number of carbonyl (C=O) groups is 1. The summed E-state index contributed by atoms with van der Waals surface area (Å²) in [6, 6.07) is 6.73. The van der Waals surface area contributed by atoms with Crippen LogP contribution in [0.4, 0.5) is 28.9 Å². The van der Waals surface area contributed by atoms with Crippen molar-refractivity contribution >= 4 is 34.6 Å². The van der Waals surface area contributed by atoms with Crippen molar-refractivity contribution in [1.29, 1.82) is 5.26 Å². The van der Waals surface area contributed by atoms with Crippen LogP contribution in [0.25, 0.3) is 0 Å². The fourth-order valence-electron chi connectivity index (χ4n) is 4.79. The van der Waals surface area contributed by atoms with Gasteiger partial charge in [0.05, 0.1) is 35.4 Å². The van der Waals surface area contributed by atoms with Crippen LogP contribution in [0, 0.1) is 17.1 Å². The lowest BCUT2D eigenvalue weighted by Crippen LogP contribution is -2.55. The van der Waals surface area contributed by atoms with E-state index in [1.54, 1.807) is 29.4 Å². The van der Waals surface area contributed by atoms with E-state index in [0.717, 1.165) is 29.1 Å². The molecule has 2 fully saturated rings. The SMILES string of the molecule is N#Cc1ccc(N2C(=O)C3(CCC3)N(c3ccc(CCCc4ncco4)nc3)C2=S)c(F)c1C(F)(F)F. The molecule has 1 aliphatic carbocycles. The molecule has 0 radical (unpaired) electrons. The number of aromatic nitrogens is 2. The van der Waals surface area contributed by atoms with E-state index in [-0.39, 0.29) is 5.11 Å². The average Bonchev–Trinajstić information content (AvgIpc) is 3.43. The lowest BCUT2D eigenvalue weighted by Gasteiger charge is -2.42. The number of carbonyl (C=O) groups excluding carboxylic acids is 1. The molecule has 1 saturated carbocycles. The Morgan fingerprint density at radius 2 is 1.95 bits per heavy atom. The first kappa shape index (κ1) is 24.8. The zero-order chi connectivity index (χ0) is 26.4. The highest BCUT2D eigenvalue weighted by atomic mass is 32.1. The minimum absolute atomic E-state index is 0.139. The maximum atomic E-state index is 15.2. The van der Waals surface area contributed by atoms with E-state index in [4.69, 9.17) is 21.9 Å². The van der Waals surface area contributed by atoms with Crippen molar-refractivity contribution < 1.29 is 26.8 Å². The van der Waals surface area contributed by atoms with Gasteiger partial charge in [-0.2, -0.15) is 18.4 Å². The molecule has 0 N–H and O–H groups in total. The van der Waals surface area contributed by atoms with Gasteiger partial charge >= 0.3 is 6.18 Å². The third-order valence-electron chi connectivity index (χ3n) is 6.73. The topological polar surface area (TPSA) is 86.3 Å². The van der Waals surface area contributed by atoms with Crippen LogP contribution in [0.15, 0.2) is 47.3 Å². The van der Waals surface area contributed by atoms with Gasteiger partial charge in [0.2, 0.25) is 0 Å². The molecule has 2 aliphatic rings. The zero-order valence-electron chi connectivity index (χ0n) is 19.3. The molecule has 1 spiro atoms. The summed E-state index contributed by atoms with van der Waals surface area (Å²) in [6.07, 6.45) is 3.09. The molecule has 190 valence electrons. The van der Waals surface area contributed by atoms with E-state index in [0.29, 0.717) is 43.7 Å². The van der Waals surface area contributed by atoms with Crippen molar-refractivity contribution in [2.75, 3.05) is 9.80 Å². The molecule has 1 saturated heterocycles. The van der Waals surface area contributed by atoms with E-state index in [1.165, 1.54) is 12.3 Å². The van der Waals surface area contributed by atoms with Crippen molar-refractivity contribution in [1.82, 2.24) is 9.97 Å². The quantitative estimate of drug-likeness (QED) is 0.315. The maximum absolute atomic E-state index is 15.2. The molecule has 1 amide bonds. The Kier molecular flexibility index (Phi) is 6.19. The Bertz CT molecular complexity index is 1400. The molecule has 2 aromatic heterocycles. The predicted octanol–water partition coefficient (Wildman–Crippen LogP) is 5.34. The zero-order valence-corrected chi connectivity index (χ0v) is 20.1. The number of aryl methyl sites for hydroxylation is 2. The van der Waals surface area contributed by atoms with Crippen molar-refractivity contribution in [3.8, 4) is 6.07 Å². The number of hydrogen-bond acceptors (Lipinski definition) is 6. The summed E-state index contributed by atoms with van der Waals surface area (Å²) in [6.45, 7) is 0. The second kappa shape index (κ2) is 9.23. The smallest absolute Gasteiger partial charge is 0.420 e. The number of pyridine rings is 1. The number of hydrogen-bond donors (Lipinski definition) is 0. The van der Waals surface area contributed by atoms with Gasteiger partial charge in [0.25, 0.3) is 5.91 Å². The number of alkyl halides is 3. The first-order valence-electron chi connectivity index (χ1n) is 11.5. The van der Waals surface area contributed by atoms with Gasteiger partial charge in [0, 0.05) is 12.1 Å². The monoisotopic (exact) mass is 529 g/mol. The predicted molar refractivity (Wildman–Crippen MR) is 128 cm³/mol. The fraction of sp³-hybridized carbons (Fsp3) is 0.320. The molecular weight excluding hydrogens is 510 g/mol. The van der Waals surface area contributed by atoms with Crippen LogP contribution in [0.2, 0.25) is 0 Å². The highest BCUT2D eigenvalue weighted by molar-refractivity contribution is 7.81. The number of benzene rings is 1. The standard InChI is InChI=1S/C25H19F4N5O2S/c26-21-18(8-5-15(13-30)20(21)25(27,28)29)33-22(35)24(9-2-10-24)34(23(33)37)17-7-6-16(32-14-17)3-1-4-19-31-11-12-36-19/h5-8,11-12,14H,1-4,9-10H2. The van der Waals surface area contributed by atoms with Gasteiger partial charge in [0.15, 0.2) is 16.8 Å². The van der Waals surface area contributed by atoms with Gasteiger partial charge in [-0.25, -0.2) is 9.37 Å². The van der Waals surface area contributed by atoms with E-state index in [1.807, 2.05) is 0 Å². The summed E-state index contributed by atoms with van der Waals surface area (Å²) in [5.41, 5.74) is -3.07. The third-order valence-corrected chi connectivity index (χ3v) is 7.10. The molecule has 12 heteroatoms. The number of oxazole rings is 1. The summed E-state index contributed by atoms with van der Waals surface area (Å²) in [5.74, 6) is -1.68. The molecule has 1 aromatic carbocycles. The maximum Gasteiger partial charge on any atom is 0.420 e. The van der Waals surface area contributed by atoms with E-state index in [2.05, 4.69) is 9.97 Å². The second-order valence-corrected chi connectivity index (χ2v) is 9.23. The number of thiocarbonyl (C=S) groups is 1. The Morgan fingerprint density at radius 1 is 1.16 bits per heavy atom. The van der Waals surface area contributed by atoms with Crippen LogP contribution >= 0.6 is 12.2 Å². The summed E-state index contributed by atoms with van der Waals surface area (Å²) >= 11 is 5.53. The van der Waals surface area contributed by atoms with Gasteiger partial charge in [-0.15, -0.1) is 0 Å². The van der Waals surface area contributed by atoms with Gasteiger partial charge in [0.1, 0.15) is 17.4 Å². The number of nitriles is 1. The van der Waals surface area contributed by atoms with Crippen molar-refractivity contribution in [2.24, 2.45) is 0 Å². The molecule has 3 heterocycles. The first-order chi connectivity index (χ1) is 17.7. The highest BCUT2D eigenvalue weighted by Gasteiger charge is 2.60. The van der Waals surface area contributed by atoms with Gasteiger partial charge in [-0.1, -0.05) is 0 Å². The number of halogens is 4. The second-order valence-electron chi connectivity index (χ2n) is 8.86. The van der Waals surface area contributed by atoms with Crippen molar-refractivity contribution in [3.63, 3.8) is 0 Å². The van der Waals surface area contributed by atoms with E-state index in [9.17, 15) is 18.0 Å². The molecule has 5 rings (SSSR count). The largest absolute Gasteiger partial charge is 0.449 e. The number of rotatable bonds is 6. The Labute approximate surface area is 214 Å². The molecule has 1 aliphatic heterocycles. The lowest BCUT2D eigenvalue weighted by molar-refractivity contribution is -0.140. The Balaban J connectivity index is 1.44. The fourth-order valence-corrected chi connectivity index (χ4v) is 5.26. The molecular formula is C25H19F4N5O2S. The molecule has 7 nitrogen and oxygen atoms in total. The summed E-state index contributed by atoms with van der Waals surface area (Å²) in [7, 11) is 0. The Morgan fingerprint density at radius 3 is 2.51 bits per heavy atom. The number of amides is 1. The van der Waals surface area contributed by atoms with Crippen LogP contribution in [0.3, 0.4) is 0 Å². The molecule has 0 atom stereocenters. The number of anilines is 2. The molecule has 37 heavy (non-hydrogen) atoms. The van der Waals surface area contributed by atoms with E-state index < -0.39 is 40.3 Å². The van der Waals surface area contributed by atoms with Crippen LogP contribution in [0.1, 0.15) is 48.4 Å². The van der Waals surface area contributed by atoms with Crippen molar-refractivity contribution in [3.05, 3.63) is 71.5 Å². The summed E-state index contributed by atoms with van der Waals surface area (Å²) < 4.78 is 61.2. The minimum Gasteiger partial charge on any atom is -0.449 e. The summed E-state index contributed by atoms with van der Waals surface area (Å²) in [4.78, 5) is 24.5. The average molecular weight is 530 g/mol. The lowest BCUT2D eigenvalue weighted by atomic mass is 9.75. The van der Waals surface area contributed by atoms with Crippen molar-refractivity contribution in [2.45, 2.75) is 50.2 Å². The molecule has 3 aromatic rings.